The summed E-state index contributed by atoms with van der Waals surface area (Å²) < 4.78 is 0. The first-order valence-electron chi connectivity index (χ1n) is 6.11. The number of anilines is 1. The third-order valence-electron chi connectivity index (χ3n) is 2.86. The van der Waals surface area contributed by atoms with Gasteiger partial charge in [-0.05, 0) is 24.6 Å². The third-order valence-corrected chi connectivity index (χ3v) is 3.44. The Hall–Kier alpha value is -1.89. The van der Waals surface area contributed by atoms with E-state index in [-0.39, 0.29) is 0 Å². The van der Waals surface area contributed by atoms with Gasteiger partial charge in [-0.2, -0.15) is 0 Å². The fourth-order valence-corrected chi connectivity index (χ4v) is 2.31. The molecule has 0 aliphatic rings. The van der Waals surface area contributed by atoms with E-state index in [4.69, 9.17) is 30.4 Å². The van der Waals surface area contributed by atoms with Gasteiger partial charge in [0.15, 0.2) is 5.69 Å². The van der Waals surface area contributed by atoms with Gasteiger partial charge < -0.3 is 5.32 Å². The highest BCUT2D eigenvalue weighted by molar-refractivity contribution is 7.80. The van der Waals surface area contributed by atoms with Crippen LogP contribution in [0.3, 0.4) is 0 Å². The monoisotopic (exact) mass is 300 g/mol. The number of rotatable bonds is 3. The number of nitrogens with one attached hydrogen (secondary N) is 1. The van der Waals surface area contributed by atoms with Crippen molar-refractivity contribution in [2.24, 2.45) is 0 Å². The van der Waals surface area contributed by atoms with Gasteiger partial charge in [-0.3, -0.25) is 0 Å². The predicted molar refractivity (Wildman–Crippen MR) is 88.8 cm³/mol. The molecule has 2 aromatic rings. The normalized spacial score (nSPS) is 9.85. The molecule has 0 saturated carbocycles. The maximum Gasteiger partial charge on any atom is 0.191 e. The maximum atomic E-state index is 7.22. The highest BCUT2D eigenvalue weighted by atomic mass is 35.5. The fourth-order valence-electron chi connectivity index (χ4n) is 1.86. The van der Waals surface area contributed by atoms with Gasteiger partial charge in [0, 0.05) is 6.42 Å². The summed E-state index contributed by atoms with van der Waals surface area (Å²) >= 11 is 11.4. The highest BCUT2D eigenvalue weighted by Crippen LogP contribution is 2.24. The van der Waals surface area contributed by atoms with Crippen molar-refractivity contribution in [1.29, 1.82) is 0 Å². The minimum absolute atomic E-state index is 0.526. The van der Waals surface area contributed by atoms with Crippen LogP contribution >= 0.6 is 23.8 Å². The second-order valence-corrected chi connectivity index (χ2v) is 5.35. The number of halogens is 1. The van der Waals surface area contributed by atoms with Gasteiger partial charge in [0.05, 0.1) is 22.3 Å². The molecule has 0 fully saturated rings. The minimum atomic E-state index is 0.526. The molecule has 2 nitrogen and oxygen atoms in total. The van der Waals surface area contributed by atoms with Crippen LogP contribution in [0.1, 0.15) is 11.1 Å². The van der Waals surface area contributed by atoms with Gasteiger partial charge in [0.1, 0.15) is 0 Å². The summed E-state index contributed by atoms with van der Waals surface area (Å²) in [5, 5.41) is 3.75. The van der Waals surface area contributed by atoms with Crippen molar-refractivity contribution < 1.29 is 0 Å². The number of hydrogen-bond donors (Lipinski definition) is 1. The predicted octanol–water partition coefficient (Wildman–Crippen LogP) is 5.18. The largest absolute Gasteiger partial charge is 0.349 e. The summed E-state index contributed by atoms with van der Waals surface area (Å²) in [5.41, 5.74) is 3.43. The van der Waals surface area contributed by atoms with E-state index in [0.29, 0.717) is 22.1 Å². The average Bonchev–Trinajstić information content (AvgIpc) is 2.43. The molecule has 0 amide bonds. The minimum Gasteiger partial charge on any atom is -0.349 e. The Balaban J connectivity index is 2.13. The Morgan fingerprint density at radius 3 is 2.75 bits per heavy atom. The lowest BCUT2D eigenvalue weighted by molar-refractivity contribution is 1.33. The van der Waals surface area contributed by atoms with E-state index in [1.165, 1.54) is 0 Å². The standard InChI is InChI=1S/C16H13ClN2S/c1-11-7-8-12(15(9-11)18-2)10-16(20)19-14-6-4-3-5-13(14)17/h3-9H,10H2,1H3,(H,19,20). The van der Waals surface area contributed by atoms with Gasteiger partial charge in [0.25, 0.3) is 0 Å². The molecule has 2 rings (SSSR count). The molecule has 0 atom stereocenters. The quantitative estimate of drug-likeness (QED) is 0.621. The Morgan fingerprint density at radius 2 is 2.05 bits per heavy atom. The number of para-hydroxylation sites is 1. The zero-order valence-electron chi connectivity index (χ0n) is 11.0. The molecule has 0 spiro atoms. The van der Waals surface area contributed by atoms with Gasteiger partial charge in [-0.25, -0.2) is 4.85 Å². The molecule has 0 unspecified atom stereocenters. The number of benzene rings is 2. The summed E-state index contributed by atoms with van der Waals surface area (Å²) in [4.78, 5) is 4.19. The fraction of sp³-hybridized carbons (Fsp3) is 0.125. The molecule has 0 heterocycles. The summed E-state index contributed by atoms with van der Waals surface area (Å²) in [5.74, 6) is 0. The van der Waals surface area contributed by atoms with E-state index in [1.54, 1.807) is 0 Å². The maximum absolute atomic E-state index is 7.22. The van der Waals surface area contributed by atoms with Crippen molar-refractivity contribution in [1.82, 2.24) is 0 Å². The van der Waals surface area contributed by atoms with Crippen LogP contribution in [0, 0.1) is 13.5 Å². The Labute approximate surface area is 129 Å². The van der Waals surface area contributed by atoms with Gasteiger partial charge in [-0.1, -0.05) is 59.7 Å². The molecule has 0 aliphatic carbocycles. The van der Waals surface area contributed by atoms with Gasteiger partial charge >= 0.3 is 0 Å². The molecule has 20 heavy (non-hydrogen) atoms. The van der Waals surface area contributed by atoms with Gasteiger partial charge in [0.2, 0.25) is 0 Å². The van der Waals surface area contributed by atoms with Crippen LogP contribution in [-0.2, 0) is 6.42 Å². The number of aryl methyl sites for hydroxylation is 1. The first-order valence-corrected chi connectivity index (χ1v) is 6.90. The van der Waals surface area contributed by atoms with Crippen LogP contribution in [0.25, 0.3) is 4.85 Å². The van der Waals surface area contributed by atoms with E-state index < -0.39 is 0 Å². The van der Waals surface area contributed by atoms with Crippen molar-refractivity contribution >= 4 is 40.2 Å². The third kappa shape index (κ3) is 3.57. The zero-order valence-corrected chi connectivity index (χ0v) is 12.6. The number of thiocarbonyl (C=S) groups is 1. The smallest absolute Gasteiger partial charge is 0.191 e. The van der Waals surface area contributed by atoms with Gasteiger partial charge in [-0.15, -0.1) is 0 Å². The Morgan fingerprint density at radius 1 is 1.30 bits per heavy atom. The molecule has 0 bridgehead atoms. The second-order valence-electron chi connectivity index (χ2n) is 4.45. The average molecular weight is 301 g/mol. The first kappa shape index (κ1) is 14.5. The summed E-state index contributed by atoms with van der Waals surface area (Å²) in [6, 6.07) is 13.3. The lowest BCUT2D eigenvalue weighted by atomic mass is 10.1. The molecule has 2 aromatic carbocycles. The zero-order chi connectivity index (χ0) is 14.5. The molecule has 100 valence electrons. The Bertz CT molecular complexity index is 689. The van der Waals surface area contributed by atoms with E-state index in [1.807, 2.05) is 49.4 Å². The lowest BCUT2D eigenvalue weighted by Crippen LogP contribution is -2.12. The van der Waals surface area contributed by atoms with Crippen molar-refractivity contribution in [2.75, 3.05) is 5.32 Å². The number of hydrogen-bond acceptors (Lipinski definition) is 1. The Kier molecular flexibility index (Phi) is 4.73. The molecule has 0 aromatic heterocycles. The molecule has 4 heteroatoms. The van der Waals surface area contributed by atoms with E-state index in [0.717, 1.165) is 16.8 Å². The lowest BCUT2D eigenvalue weighted by Gasteiger charge is -2.11. The molecule has 1 N–H and O–H groups in total. The van der Waals surface area contributed by atoms with E-state index >= 15 is 0 Å². The topological polar surface area (TPSA) is 16.4 Å². The molecular formula is C16H13ClN2S. The molecule has 0 aliphatic heterocycles. The van der Waals surface area contributed by atoms with Crippen LogP contribution in [0.2, 0.25) is 5.02 Å². The molecular weight excluding hydrogens is 288 g/mol. The van der Waals surface area contributed by atoms with Crippen molar-refractivity contribution in [3.8, 4) is 0 Å². The number of nitrogens with zero attached hydrogens (tertiary/aromatic N) is 1. The van der Waals surface area contributed by atoms with E-state index in [9.17, 15) is 0 Å². The first-order chi connectivity index (χ1) is 9.60. The van der Waals surface area contributed by atoms with Crippen molar-refractivity contribution in [2.45, 2.75) is 13.3 Å². The van der Waals surface area contributed by atoms with Crippen LogP contribution < -0.4 is 5.32 Å². The summed E-state index contributed by atoms with van der Waals surface area (Å²) in [6.07, 6.45) is 0.526. The second kappa shape index (κ2) is 6.51. The van der Waals surface area contributed by atoms with Crippen LogP contribution in [0.15, 0.2) is 42.5 Å². The van der Waals surface area contributed by atoms with E-state index in [2.05, 4.69) is 10.2 Å². The molecule has 0 radical (unpaired) electrons. The highest BCUT2D eigenvalue weighted by Gasteiger charge is 2.07. The van der Waals surface area contributed by atoms with Crippen molar-refractivity contribution in [3.05, 3.63) is 70.0 Å². The summed E-state index contributed by atoms with van der Waals surface area (Å²) in [7, 11) is 0. The van der Waals surface area contributed by atoms with Crippen LogP contribution in [0.4, 0.5) is 11.4 Å². The molecule has 0 saturated heterocycles. The van der Waals surface area contributed by atoms with Crippen LogP contribution in [-0.4, -0.2) is 4.99 Å². The summed E-state index contributed by atoms with van der Waals surface area (Å²) in [6.45, 7) is 9.19. The van der Waals surface area contributed by atoms with Crippen LogP contribution in [0.5, 0.6) is 0 Å². The van der Waals surface area contributed by atoms with Crippen molar-refractivity contribution in [3.63, 3.8) is 0 Å². The SMILES string of the molecule is [C-]#[N+]c1cc(C)ccc1CC(=S)Nc1ccccc1Cl.